The van der Waals surface area contributed by atoms with Crippen molar-refractivity contribution < 1.29 is 0 Å². The Hall–Kier alpha value is -5.86. The number of para-hydroxylation sites is 4. The largest absolute Gasteiger partial charge is 0.309 e. The van der Waals surface area contributed by atoms with E-state index in [2.05, 4.69) is 179 Å². The fraction of sp³-hybridized carbons (Fsp3) is 0. The Bertz CT molecular complexity index is 2420. The van der Waals surface area contributed by atoms with E-state index in [0.29, 0.717) is 0 Å². The third-order valence-electron chi connectivity index (χ3n) is 8.94. The van der Waals surface area contributed by atoms with Gasteiger partial charge in [-0.15, -0.1) is 0 Å². The van der Waals surface area contributed by atoms with Crippen LogP contribution in [-0.4, -0.2) is 9.13 Å². The molecule has 0 aliphatic rings. The van der Waals surface area contributed by atoms with E-state index >= 15 is 0 Å². The van der Waals surface area contributed by atoms with Gasteiger partial charge in [0.1, 0.15) is 0 Å². The summed E-state index contributed by atoms with van der Waals surface area (Å²) < 4.78 is 4.81. The molecule has 2 aromatic heterocycles. The highest BCUT2D eigenvalue weighted by atomic mass is 15.0. The van der Waals surface area contributed by atoms with Gasteiger partial charge in [-0.2, -0.15) is 0 Å². The first-order valence-corrected chi connectivity index (χ1v) is 15.1. The van der Waals surface area contributed by atoms with E-state index < -0.39 is 0 Å². The van der Waals surface area contributed by atoms with E-state index in [1.807, 2.05) is 0 Å². The smallest absolute Gasteiger partial charge is 0.0547 e. The van der Waals surface area contributed by atoms with Gasteiger partial charge in [0.2, 0.25) is 0 Å². The van der Waals surface area contributed by atoms with Gasteiger partial charge >= 0.3 is 0 Å². The third kappa shape index (κ3) is 3.75. The predicted octanol–water partition coefficient (Wildman–Crippen LogP) is 11.2. The summed E-state index contributed by atoms with van der Waals surface area (Å²) in [5.41, 5.74) is 12.0. The number of benzene rings is 7. The van der Waals surface area contributed by atoms with Crippen LogP contribution in [0.2, 0.25) is 0 Å². The highest BCUT2D eigenvalue weighted by molar-refractivity contribution is 6.11. The third-order valence-corrected chi connectivity index (χ3v) is 8.94. The fourth-order valence-electron chi connectivity index (χ4n) is 6.94. The summed E-state index contributed by atoms with van der Waals surface area (Å²) in [6.07, 6.45) is 0. The molecular weight excluding hydrogens is 532 g/mol. The molecular formula is C42H28N2. The highest BCUT2D eigenvalue weighted by Gasteiger charge is 2.17. The van der Waals surface area contributed by atoms with Crippen LogP contribution in [0.4, 0.5) is 0 Å². The fourth-order valence-corrected chi connectivity index (χ4v) is 6.94. The van der Waals surface area contributed by atoms with Crippen LogP contribution in [-0.2, 0) is 0 Å². The van der Waals surface area contributed by atoms with E-state index in [9.17, 15) is 0 Å². The molecule has 0 unspecified atom stereocenters. The van der Waals surface area contributed by atoms with Crippen molar-refractivity contribution in [2.24, 2.45) is 0 Å². The summed E-state index contributed by atoms with van der Waals surface area (Å²) in [6.45, 7) is 0. The van der Waals surface area contributed by atoms with Gasteiger partial charge in [-0.05, 0) is 59.2 Å². The van der Waals surface area contributed by atoms with Crippen molar-refractivity contribution in [3.63, 3.8) is 0 Å². The van der Waals surface area contributed by atoms with Gasteiger partial charge in [0.15, 0.2) is 0 Å². The summed E-state index contributed by atoms with van der Waals surface area (Å²) >= 11 is 0. The van der Waals surface area contributed by atoms with Crippen LogP contribution in [0.25, 0.3) is 77.2 Å². The topological polar surface area (TPSA) is 9.86 Å². The minimum atomic E-state index is 1.16. The van der Waals surface area contributed by atoms with Crippen molar-refractivity contribution in [3.8, 4) is 33.6 Å². The van der Waals surface area contributed by atoms with Crippen LogP contribution in [0.15, 0.2) is 170 Å². The molecule has 0 fully saturated rings. The Morgan fingerprint density at radius 3 is 1.45 bits per heavy atom. The summed E-state index contributed by atoms with van der Waals surface area (Å²) in [6, 6.07) is 61.4. The minimum absolute atomic E-state index is 1.16. The minimum Gasteiger partial charge on any atom is -0.309 e. The Morgan fingerprint density at radius 2 is 0.795 bits per heavy atom. The standard InChI is InChI=1S/C42H28N2/c1-2-12-29(13-3-1)31-24-27-37-36-17-7-11-21-41(36)44(42(37)28-31)38-18-8-4-14-33(38)30-22-25-32(26-23-30)43-39-19-9-5-15-34(39)35-16-6-10-20-40(35)43/h1-28H. The van der Waals surface area contributed by atoms with Crippen LogP contribution in [0, 0.1) is 0 Å². The number of nitrogens with zero attached hydrogens (tertiary/aromatic N) is 2. The normalized spacial score (nSPS) is 11.6. The number of rotatable bonds is 4. The lowest BCUT2D eigenvalue weighted by molar-refractivity contribution is 1.17. The second-order valence-electron chi connectivity index (χ2n) is 11.4. The molecule has 0 radical (unpaired) electrons. The Morgan fingerprint density at radius 1 is 0.295 bits per heavy atom. The lowest BCUT2D eigenvalue weighted by Gasteiger charge is -2.15. The highest BCUT2D eigenvalue weighted by Crippen LogP contribution is 2.38. The first-order chi connectivity index (χ1) is 21.8. The molecule has 2 nitrogen and oxygen atoms in total. The van der Waals surface area contributed by atoms with Crippen molar-refractivity contribution >= 4 is 43.6 Å². The van der Waals surface area contributed by atoms with Crippen LogP contribution in [0.1, 0.15) is 0 Å². The molecule has 2 heteroatoms. The van der Waals surface area contributed by atoms with E-state index in [4.69, 9.17) is 0 Å². The quantitative estimate of drug-likeness (QED) is 0.203. The number of hydrogen-bond acceptors (Lipinski definition) is 0. The van der Waals surface area contributed by atoms with Gasteiger partial charge in [-0.3, -0.25) is 0 Å². The molecule has 0 amide bonds. The van der Waals surface area contributed by atoms with Crippen LogP contribution in [0.5, 0.6) is 0 Å². The zero-order valence-corrected chi connectivity index (χ0v) is 24.1. The van der Waals surface area contributed by atoms with E-state index in [0.717, 1.165) is 5.69 Å². The molecule has 0 bridgehead atoms. The summed E-state index contributed by atoms with van der Waals surface area (Å²) in [7, 11) is 0. The first kappa shape index (κ1) is 24.7. The Balaban J connectivity index is 1.23. The maximum atomic E-state index is 2.44. The van der Waals surface area contributed by atoms with E-state index in [1.54, 1.807) is 0 Å². The van der Waals surface area contributed by atoms with E-state index in [-0.39, 0.29) is 0 Å². The molecule has 0 atom stereocenters. The summed E-state index contributed by atoms with van der Waals surface area (Å²) in [4.78, 5) is 0. The van der Waals surface area contributed by atoms with Gasteiger partial charge in [-0.1, -0.05) is 127 Å². The summed E-state index contributed by atoms with van der Waals surface area (Å²) in [5.74, 6) is 0. The Labute approximate surface area is 255 Å². The molecule has 9 rings (SSSR count). The van der Waals surface area contributed by atoms with Crippen molar-refractivity contribution in [2.45, 2.75) is 0 Å². The first-order valence-electron chi connectivity index (χ1n) is 15.1. The van der Waals surface area contributed by atoms with Gasteiger partial charge in [0.25, 0.3) is 0 Å². The van der Waals surface area contributed by atoms with Crippen molar-refractivity contribution in [1.82, 2.24) is 9.13 Å². The zero-order chi connectivity index (χ0) is 29.0. The molecule has 9 aromatic rings. The monoisotopic (exact) mass is 560 g/mol. The second kappa shape index (κ2) is 9.86. The molecule has 0 N–H and O–H groups in total. The molecule has 7 aromatic carbocycles. The average Bonchev–Trinajstić information content (AvgIpc) is 3.61. The molecule has 0 saturated heterocycles. The molecule has 0 spiro atoms. The maximum absolute atomic E-state index is 2.44. The van der Waals surface area contributed by atoms with Crippen LogP contribution in [0.3, 0.4) is 0 Å². The number of fused-ring (bicyclic) bond motifs is 6. The maximum Gasteiger partial charge on any atom is 0.0547 e. The molecule has 44 heavy (non-hydrogen) atoms. The second-order valence-corrected chi connectivity index (χ2v) is 11.4. The van der Waals surface area contributed by atoms with Crippen LogP contribution < -0.4 is 0 Å². The lowest BCUT2D eigenvalue weighted by Crippen LogP contribution is -1.98. The number of hydrogen-bond donors (Lipinski definition) is 0. The average molecular weight is 561 g/mol. The van der Waals surface area contributed by atoms with Gasteiger partial charge in [0.05, 0.1) is 27.8 Å². The molecule has 0 saturated carbocycles. The van der Waals surface area contributed by atoms with E-state index in [1.165, 1.54) is 71.6 Å². The van der Waals surface area contributed by atoms with Crippen molar-refractivity contribution in [1.29, 1.82) is 0 Å². The SMILES string of the molecule is c1ccc(-c2ccc3c4ccccc4n(-c4ccccc4-c4ccc(-n5c6ccccc6c6ccccc65)cc4)c3c2)cc1. The Kier molecular flexibility index (Phi) is 5.54. The van der Waals surface area contributed by atoms with Gasteiger partial charge in [-0.25, -0.2) is 0 Å². The molecule has 0 aliphatic carbocycles. The van der Waals surface area contributed by atoms with Crippen molar-refractivity contribution in [2.75, 3.05) is 0 Å². The molecule has 206 valence electrons. The summed E-state index contributed by atoms with van der Waals surface area (Å²) in [5, 5.41) is 5.08. The molecule has 0 aliphatic heterocycles. The lowest BCUT2D eigenvalue weighted by atomic mass is 10.0. The van der Waals surface area contributed by atoms with Crippen LogP contribution >= 0.6 is 0 Å². The van der Waals surface area contributed by atoms with Crippen molar-refractivity contribution in [3.05, 3.63) is 170 Å². The number of aromatic nitrogens is 2. The van der Waals surface area contributed by atoms with Gasteiger partial charge < -0.3 is 9.13 Å². The predicted molar refractivity (Wildman–Crippen MR) is 186 cm³/mol. The molecule has 2 heterocycles. The zero-order valence-electron chi connectivity index (χ0n) is 24.1. The van der Waals surface area contributed by atoms with Gasteiger partial charge in [0, 0.05) is 32.8 Å².